The highest BCUT2D eigenvalue weighted by Crippen LogP contribution is 2.13. The predicted molar refractivity (Wildman–Crippen MR) is 64.8 cm³/mol. The van der Waals surface area contributed by atoms with Crippen LogP contribution >= 0.6 is 0 Å². The highest BCUT2D eigenvalue weighted by molar-refractivity contribution is 5.76. The molecule has 0 atom stereocenters. The van der Waals surface area contributed by atoms with Crippen molar-refractivity contribution in [1.29, 1.82) is 0 Å². The van der Waals surface area contributed by atoms with Crippen molar-refractivity contribution in [3.63, 3.8) is 0 Å². The van der Waals surface area contributed by atoms with Crippen LogP contribution in [0.2, 0.25) is 0 Å². The van der Waals surface area contributed by atoms with Crippen LogP contribution in [0.1, 0.15) is 13.3 Å². The van der Waals surface area contributed by atoms with Crippen LogP contribution in [0.5, 0.6) is 5.88 Å². The first-order valence-electron chi connectivity index (χ1n) is 5.34. The molecule has 0 saturated carbocycles. The molecule has 7 heteroatoms. The van der Waals surface area contributed by atoms with Crippen LogP contribution in [0, 0.1) is 0 Å². The summed E-state index contributed by atoms with van der Waals surface area (Å²) in [6, 6.07) is 1.62. The van der Waals surface area contributed by atoms with E-state index in [1.165, 1.54) is 7.11 Å². The van der Waals surface area contributed by atoms with Gasteiger partial charge in [0.05, 0.1) is 7.11 Å². The SMILES string of the molecule is CCNC(=O)CCNc1cc(OC)nc(N)n1. The third-order valence-corrected chi connectivity index (χ3v) is 1.96. The first-order valence-corrected chi connectivity index (χ1v) is 5.34. The van der Waals surface area contributed by atoms with E-state index in [9.17, 15) is 4.79 Å². The van der Waals surface area contributed by atoms with E-state index < -0.39 is 0 Å². The number of nitrogen functional groups attached to an aromatic ring is 1. The highest BCUT2D eigenvalue weighted by Gasteiger charge is 2.03. The Morgan fingerprint density at radius 1 is 1.53 bits per heavy atom. The largest absolute Gasteiger partial charge is 0.481 e. The van der Waals surface area contributed by atoms with Crippen LogP contribution in [-0.2, 0) is 4.79 Å². The van der Waals surface area contributed by atoms with Gasteiger partial charge in [-0.3, -0.25) is 4.79 Å². The first-order chi connectivity index (χ1) is 8.15. The predicted octanol–water partition coefficient (Wildman–Crippen LogP) is 0.00550. The maximum absolute atomic E-state index is 11.2. The molecule has 0 saturated heterocycles. The topological polar surface area (TPSA) is 102 Å². The zero-order valence-electron chi connectivity index (χ0n) is 9.99. The molecule has 1 aromatic heterocycles. The molecule has 94 valence electrons. The van der Waals surface area contributed by atoms with Crippen LogP contribution in [0.4, 0.5) is 11.8 Å². The Morgan fingerprint density at radius 3 is 2.94 bits per heavy atom. The number of amides is 1. The van der Waals surface area contributed by atoms with E-state index in [0.717, 1.165) is 0 Å². The summed E-state index contributed by atoms with van der Waals surface area (Å²) in [6.45, 7) is 2.99. The molecular weight excluding hydrogens is 222 g/mol. The zero-order valence-corrected chi connectivity index (χ0v) is 9.99. The number of anilines is 2. The van der Waals surface area contributed by atoms with E-state index in [0.29, 0.717) is 31.2 Å². The Morgan fingerprint density at radius 2 is 2.29 bits per heavy atom. The van der Waals surface area contributed by atoms with E-state index in [2.05, 4.69) is 20.6 Å². The number of ether oxygens (including phenoxy) is 1. The number of carbonyl (C=O) groups excluding carboxylic acids is 1. The number of hydrogen-bond acceptors (Lipinski definition) is 6. The van der Waals surface area contributed by atoms with Crippen molar-refractivity contribution in [1.82, 2.24) is 15.3 Å². The Balaban J connectivity index is 2.46. The number of nitrogens with two attached hydrogens (primary N) is 1. The Kier molecular flexibility index (Phi) is 4.99. The van der Waals surface area contributed by atoms with E-state index in [-0.39, 0.29) is 11.9 Å². The normalized spacial score (nSPS) is 9.76. The summed E-state index contributed by atoms with van der Waals surface area (Å²) in [5.41, 5.74) is 5.49. The smallest absolute Gasteiger partial charge is 0.225 e. The lowest BCUT2D eigenvalue weighted by Gasteiger charge is -2.07. The molecule has 7 nitrogen and oxygen atoms in total. The van der Waals surface area contributed by atoms with Gasteiger partial charge in [-0.1, -0.05) is 0 Å². The lowest BCUT2D eigenvalue weighted by Crippen LogP contribution is -2.24. The maximum atomic E-state index is 11.2. The molecule has 0 aliphatic rings. The van der Waals surface area contributed by atoms with Gasteiger partial charge in [-0.2, -0.15) is 9.97 Å². The average Bonchev–Trinajstić information content (AvgIpc) is 2.28. The summed E-state index contributed by atoms with van der Waals surface area (Å²) < 4.78 is 4.95. The summed E-state index contributed by atoms with van der Waals surface area (Å²) >= 11 is 0. The van der Waals surface area contributed by atoms with Crippen LogP contribution in [0.3, 0.4) is 0 Å². The number of carbonyl (C=O) groups is 1. The fourth-order valence-electron chi connectivity index (χ4n) is 1.23. The van der Waals surface area contributed by atoms with Crippen molar-refractivity contribution in [3.8, 4) is 5.88 Å². The summed E-state index contributed by atoms with van der Waals surface area (Å²) in [6.07, 6.45) is 0.375. The lowest BCUT2D eigenvalue weighted by molar-refractivity contribution is -0.120. The Labute approximate surface area is 99.8 Å². The number of nitrogens with zero attached hydrogens (tertiary/aromatic N) is 2. The van der Waals surface area contributed by atoms with Crippen molar-refractivity contribution >= 4 is 17.7 Å². The van der Waals surface area contributed by atoms with Crippen molar-refractivity contribution in [2.75, 3.05) is 31.2 Å². The zero-order chi connectivity index (χ0) is 12.7. The van der Waals surface area contributed by atoms with Gasteiger partial charge >= 0.3 is 0 Å². The summed E-state index contributed by atoms with van der Waals surface area (Å²) in [5.74, 6) is 1.05. The molecule has 1 heterocycles. The van der Waals surface area contributed by atoms with Crippen molar-refractivity contribution in [3.05, 3.63) is 6.07 Å². The summed E-state index contributed by atoms with van der Waals surface area (Å²) in [5, 5.41) is 5.68. The molecule has 1 amide bonds. The first kappa shape index (κ1) is 13.0. The molecule has 0 aliphatic heterocycles. The minimum Gasteiger partial charge on any atom is -0.481 e. The van der Waals surface area contributed by atoms with Gasteiger partial charge in [0.1, 0.15) is 5.82 Å². The molecule has 0 unspecified atom stereocenters. The second-order valence-corrected chi connectivity index (χ2v) is 3.28. The van der Waals surface area contributed by atoms with Crippen LogP contribution < -0.4 is 21.1 Å². The van der Waals surface area contributed by atoms with Crippen molar-refractivity contribution in [2.24, 2.45) is 0 Å². The second kappa shape index (κ2) is 6.51. The average molecular weight is 239 g/mol. The number of hydrogen-bond donors (Lipinski definition) is 3. The standard InChI is InChI=1S/C10H17N5O2/c1-3-12-8(16)4-5-13-7-6-9(17-2)15-10(11)14-7/h6H,3-5H2,1-2H3,(H,12,16)(H3,11,13,14,15). The van der Waals surface area contributed by atoms with Gasteiger partial charge in [0.25, 0.3) is 0 Å². The minimum absolute atomic E-state index is 0.00556. The van der Waals surface area contributed by atoms with Crippen LogP contribution in [-0.4, -0.2) is 36.1 Å². The van der Waals surface area contributed by atoms with E-state index in [1.807, 2.05) is 6.92 Å². The number of aromatic nitrogens is 2. The van der Waals surface area contributed by atoms with E-state index >= 15 is 0 Å². The van der Waals surface area contributed by atoms with Gasteiger partial charge < -0.3 is 21.1 Å². The van der Waals surface area contributed by atoms with Gasteiger partial charge in [0, 0.05) is 25.6 Å². The van der Waals surface area contributed by atoms with Crippen LogP contribution in [0.15, 0.2) is 6.07 Å². The third-order valence-electron chi connectivity index (χ3n) is 1.96. The molecule has 0 spiro atoms. The number of nitrogens with one attached hydrogen (secondary N) is 2. The van der Waals surface area contributed by atoms with Crippen molar-refractivity contribution < 1.29 is 9.53 Å². The minimum atomic E-state index is -0.00556. The summed E-state index contributed by atoms with van der Waals surface area (Å²) in [4.78, 5) is 19.0. The highest BCUT2D eigenvalue weighted by atomic mass is 16.5. The van der Waals surface area contributed by atoms with Gasteiger partial charge in [-0.25, -0.2) is 0 Å². The van der Waals surface area contributed by atoms with E-state index in [1.54, 1.807) is 6.07 Å². The van der Waals surface area contributed by atoms with Crippen LogP contribution in [0.25, 0.3) is 0 Å². The molecule has 1 aromatic rings. The van der Waals surface area contributed by atoms with E-state index in [4.69, 9.17) is 10.5 Å². The number of methoxy groups -OCH3 is 1. The Bertz CT molecular complexity index is 383. The van der Waals surface area contributed by atoms with Crippen molar-refractivity contribution in [2.45, 2.75) is 13.3 Å². The lowest BCUT2D eigenvalue weighted by atomic mass is 10.4. The van der Waals surface area contributed by atoms with Gasteiger partial charge in [-0.15, -0.1) is 0 Å². The second-order valence-electron chi connectivity index (χ2n) is 3.28. The monoisotopic (exact) mass is 239 g/mol. The molecule has 0 aliphatic carbocycles. The quantitative estimate of drug-likeness (QED) is 0.646. The third kappa shape index (κ3) is 4.54. The molecule has 0 radical (unpaired) electrons. The number of rotatable bonds is 6. The summed E-state index contributed by atoms with van der Waals surface area (Å²) in [7, 11) is 1.50. The fraction of sp³-hybridized carbons (Fsp3) is 0.500. The molecule has 0 aromatic carbocycles. The molecule has 4 N–H and O–H groups in total. The van der Waals surface area contributed by atoms with Gasteiger partial charge in [0.15, 0.2) is 0 Å². The molecule has 1 rings (SSSR count). The molecule has 0 bridgehead atoms. The molecular formula is C10H17N5O2. The molecule has 17 heavy (non-hydrogen) atoms. The maximum Gasteiger partial charge on any atom is 0.225 e. The van der Waals surface area contributed by atoms with Gasteiger partial charge in [-0.05, 0) is 6.92 Å². The Hall–Kier alpha value is -2.05. The fourth-order valence-corrected chi connectivity index (χ4v) is 1.23. The van der Waals surface area contributed by atoms with Gasteiger partial charge in [0.2, 0.25) is 17.7 Å². The molecule has 0 fully saturated rings.